The molecule has 0 fully saturated rings. The zero-order valence-corrected chi connectivity index (χ0v) is 14.1. The second-order valence-corrected chi connectivity index (χ2v) is 6.14. The van der Waals surface area contributed by atoms with Gasteiger partial charge < -0.3 is 20.5 Å². The summed E-state index contributed by atoms with van der Waals surface area (Å²) in [4.78, 5) is 14.0. The minimum atomic E-state index is -0.735. The van der Waals surface area contributed by atoms with E-state index < -0.39 is 6.10 Å². The molecule has 0 aliphatic heterocycles. The zero-order chi connectivity index (χ0) is 17.8. The molecular formula is C18H22N4O3. The van der Waals surface area contributed by atoms with E-state index in [2.05, 4.69) is 15.4 Å². The van der Waals surface area contributed by atoms with Crippen LogP contribution in [0.25, 0.3) is 10.9 Å². The Morgan fingerprint density at radius 3 is 2.92 bits per heavy atom. The van der Waals surface area contributed by atoms with Gasteiger partial charge in [-0.1, -0.05) is 6.07 Å². The molecule has 0 aliphatic rings. The predicted molar refractivity (Wildman–Crippen MR) is 95.6 cm³/mol. The molecule has 25 heavy (non-hydrogen) atoms. The molecule has 0 spiro atoms. The molecule has 0 saturated carbocycles. The van der Waals surface area contributed by atoms with E-state index in [0.717, 1.165) is 25.1 Å². The lowest BCUT2D eigenvalue weighted by atomic mass is 10.0. The molecule has 0 radical (unpaired) electrons. The first-order valence-electron chi connectivity index (χ1n) is 8.27. The number of nitrogens with zero attached hydrogens (tertiary/aromatic N) is 2. The number of nitrogens with one attached hydrogen (secondary N) is 2. The largest absolute Gasteiger partial charge is 0.506 e. The van der Waals surface area contributed by atoms with Gasteiger partial charge in [-0.05, 0) is 43.1 Å². The monoisotopic (exact) mass is 342 g/mol. The number of H-pyrrole nitrogens is 1. The molecule has 7 nitrogen and oxygen atoms in total. The van der Waals surface area contributed by atoms with Crippen LogP contribution in [0.5, 0.6) is 5.75 Å². The van der Waals surface area contributed by atoms with Crippen LogP contribution in [0.1, 0.15) is 23.7 Å². The van der Waals surface area contributed by atoms with E-state index >= 15 is 0 Å². The number of hydrogen-bond acceptors (Lipinski definition) is 5. The van der Waals surface area contributed by atoms with E-state index in [1.165, 1.54) is 12.1 Å². The van der Waals surface area contributed by atoms with Crippen molar-refractivity contribution in [1.29, 1.82) is 0 Å². The lowest BCUT2D eigenvalue weighted by Gasteiger charge is -2.15. The summed E-state index contributed by atoms with van der Waals surface area (Å²) in [5.74, 6) is -0.00822. The molecule has 0 aliphatic carbocycles. The number of hydrogen-bond donors (Lipinski definition) is 4. The summed E-state index contributed by atoms with van der Waals surface area (Å²) in [5, 5.41) is 28.4. The Morgan fingerprint density at radius 1 is 1.32 bits per heavy atom. The van der Waals surface area contributed by atoms with Gasteiger partial charge in [0.2, 0.25) is 5.56 Å². The number of benzene rings is 1. The van der Waals surface area contributed by atoms with Crippen molar-refractivity contribution in [2.45, 2.75) is 26.0 Å². The van der Waals surface area contributed by atoms with Gasteiger partial charge in [0.05, 0.1) is 17.8 Å². The molecule has 1 aromatic carbocycles. The Balaban J connectivity index is 1.58. The normalized spacial score (nSPS) is 12.6. The third-order valence-corrected chi connectivity index (χ3v) is 4.11. The average molecular weight is 342 g/mol. The molecule has 132 valence electrons. The Bertz CT molecular complexity index is 916. The fourth-order valence-electron chi connectivity index (χ4n) is 2.85. The lowest BCUT2D eigenvalue weighted by molar-refractivity contribution is 0.176. The number of fused-ring (bicyclic) bond motifs is 1. The highest BCUT2D eigenvalue weighted by atomic mass is 16.3. The Hall–Kier alpha value is -2.64. The van der Waals surface area contributed by atoms with Gasteiger partial charge in [0.25, 0.3) is 0 Å². The minimum absolute atomic E-state index is 0.00822. The predicted octanol–water partition coefficient (Wildman–Crippen LogP) is 1.45. The molecule has 3 aromatic rings. The van der Waals surface area contributed by atoms with Gasteiger partial charge in [-0.15, -0.1) is 0 Å². The number of pyridine rings is 1. The second kappa shape index (κ2) is 7.50. The maximum absolute atomic E-state index is 11.4. The Labute approximate surface area is 144 Å². The Kier molecular flexibility index (Phi) is 5.16. The summed E-state index contributed by atoms with van der Waals surface area (Å²) in [6, 6.07) is 6.16. The van der Waals surface area contributed by atoms with Crippen LogP contribution in [0.15, 0.2) is 41.5 Å². The van der Waals surface area contributed by atoms with Gasteiger partial charge in [0.1, 0.15) is 5.75 Å². The number of aliphatic hydroxyl groups is 1. The summed E-state index contributed by atoms with van der Waals surface area (Å²) in [7, 11) is 0. The number of aromatic hydroxyl groups is 1. The summed E-state index contributed by atoms with van der Waals surface area (Å²) < 4.78 is 1.90. The SMILES string of the molecule is Cc1cnn(CCCNC[C@H](O)c2ccc(O)c3[nH]c(=O)ccc23)c1. The number of aromatic amines is 1. The van der Waals surface area contributed by atoms with Gasteiger partial charge >= 0.3 is 0 Å². The van der Waals surface area contributed by atoms with Crippen molar-refractivity contribution in [3.8, 4) is 5.75 Å². The second-order valence-electron chi connectivity index (χ2n) is 6.14. The molecule has 7 heteroatoms. The van der Waals surface area contributed by atoms with E-state index in [4.69, 9.17) is 0 Å². The number of aliphatic hydroxyl groups excluding tert-OH is 1. The molecule has 2 heterocycles. The highest BCUT2D eigenvalue weighted by molar-refractivity contribution is 5.87. The number of phenols is 1. The van der Waals surface area contributed by atoms with Crippen molar-refractivity contribution >= 4 is 10.9 Å². The third kappa shape index (κ3) is 4.07. The smallest absolute Gasteiger partial charge is 0.248 e. The first-order chi connectivity index (χ1) is 12.0. The topological polar surface area (TPSA) is 103 Å². The number of rotatable bonds is 7. The van der Waals surface area contributed by atoms with Crippen LogP contribution >= 0.6 is 0 Å². The number of phenolic OH excluding ortho intramolecular Hbond substituents is 1. The lowest BCUT2D eigenvalue weighted by Crippen LogP contribution is -2.23. The summed E-state index contributed by atoms with van der Waals surface area (Å²) in [5.41, 5.74) is 1.86. The van der Waals surface area contributed by atoms with Crippen LogP contribution in [-0.2, 0) is 6.54 Å². The first kappa shape index (κ1) is 17.2. The standard InChI is InChI=1S/C18H22N4O3/c1-12-9-20-22(11-12)8-2-7-19-10-16(24)13-3-5-15(23)18-14(13)4-6-17(25)21-18/h3-6,9,11,16,19,23-24H,2,7-8,10H2,1H3,(H,21,25)/t16-/m0/s1. The van der Waals surface area contributed by atoms with Crippen LogP contribution in [0, 0.1) is 6.92 Å². The number of aromatic nitrogens is 3. The van der Waals surface area contributed by atoms with E-state index in [-0.39, 0.29) is 11.3 Å². The molecule has 3 rings (SSSR count). The highest BCUT2D eigenvalue weighted by Gasteiger charge is 2.13. The number of aryl methyl sites for hydroxylation is 2. The van der Waals surface area contributed by atoms with E-state index in [0.29, 0.717) is 23.0 Å². The fraction of sp³-hybridized carbons (Fsp3) is 0.333. The van der Waals surface area contributed by atoms with Crippen molar-refractivity contribution in [3.05, 3.63) is 58.1 Å². The van der Waals surface area contributed by atoms with Crippen molar-refractivity contribution < 1.29 is 10.2 Å². The average Bonchev–Trinajstić information content (AvgIpc) is 3.00. The quantitative estimate of drug-likeness (QED) is 0.487. The van der Waals surface area contributed by atoms with E-state index in [9.17, 15) is 15.0 Å². The molecule has 0 bridgehead atoms. The maximum atomic E-state index is 11.4. The van der Waals surface area contributed by atoms with Crippen LogP contribution in [0.4, 0.5) is 0 Å². The molecular weight excluding hydrogens is 320 g/mol. The van der Waals surface area contributed by atoms with Gasteiger partial charge in [-0.25, -0.2) is 0 Å². The zero-order valence-electron chi connectivity index (χ0n) is 14.1. The van der Waals surface area contributed by atoms with E-state index in [1.807, 2.05) is 24.0 Å². The van der Waals surface area contributed by atoms with Gasteiger partial charge in [0.15, 0.2) is 0 Å². The molecule has 0 saturated heterocycles. The Morgan fingerprint density at radius 2 is 2.16 bits per heavy atom. The third-order valence-electron chi connectivity index (χ3n) is 4.11. The van der Waals surface area contributed by atoms with Crippen molar-refractivity contribution in [2.24, 2.45) is 0 Å². The van der Waals surface area contributed by atoms with Crippen LogP contribution in [0.2, 0.25) is 0 Å². The van der Waals surface area contributed by atoms with Crippen LogP contribution in [0.3, 0.4) is 0 Å². The van der Waals surface area contributed by atoms with Crippen LogP contribution in [-0.4, -0.2) is 38.1 Å². The summed E-state index contributed by atoms with van der Waals surface area (Å²) in [6.45, 7) is 3.97. The van der Waals surface area contributed by atoms with Crippen molar-refractivity contribution in [1.82, 2.24) is 20.1 Å². The van der Waals surface area contributed by atoms with Crippen molar-refractivity contribution in [3.63, 3.8) is 0 Å². The summed E-state index contributed by atoms with van der Waals surface area (Å²) in [6.07, 6.45) is 3.99. The van der Waals surface area contributed by atoms with Gasteiger partial charge in [-0.2, -0.15) is 5.10 Å². The van der Waals surface area contributed by atoms with Crippen molar-refractivity contribution in [2.75, 3.05) is 13.1 Å². The molecule has 0 unspecified atom stereocenters. The molecule has 0 amide bonds. The minimum Gasteiger partial charge on any atom is -0.506 e. The fourth-order valence-corrected chi connectivity index (χ4v) is 2.85. The van der Waals surface area contributed by atoms with Gasteiger partial charge in [0, 0.05) is 30.7 Å². The highest BCUT2D eigenvalue weighted by Crippen LogP contribution is 2.28. The first-order valence-corrected chi connectivity index (χ1v) is 8.27. The molecule has 2 aromatic heterocycles. The van der Waals surface area contributed by atoms with Gasteiger partial charge in [-0.3, -0.25) is 9.48 Å². The van der Waals surface area contributed by atoms with Crippen LogP contribution < -0.4 is 10.9 Å². The maximum Gasteiger partial charge on any atom is 0.248 e. The summed E-state index contributed by atoms with van der Waals surface area (Å²) >= 11 is 0. The molecule has 4 N–H and O–H groups in total. The van der Waals surface area contributed by atoms with E-state index in [1.54, 1.807) is 12.1 Å². The molecule has 1 atom stereocenters.